The highest BCUT2D eigenvalue weighted by molar-refractivity contribution is 5.22. The van der Waals surface area contributed by atoms with Gasteiger partial charge in [0.15, 0.2) is 0 Å². The van der Waals surface area contributed by atoms with E-state index < -0.39 is 0 Å². The van der Waals surface area contributed by atoms with Crippen LogP contribution in [0.2, 0.25) is 0 Å². The maximum Gasteiger partial charge on any atom is 0.0234 e. The van der Waals surface area contributed by atoms with Crippen molar-refractivity contribution in [3.05, 3.63) is 70.8 Å². The van der Waals surface area contributed by atoms with Gasteiger partial charge in [-0.1, -0.05) is 66.6 Å². The normalized spacial score (nSPS) is 22.9. The Morgan fingerprint density at radius 1 is 0.750 bits per heavy atom. The second-order valence-electron chi connectivity index (χ2n) is 8.88. The van der Waals surface area contributed by atoms with Gasteiger partial charge in [0.2, 0.25) is 0 Å². The predicted octanol–water partition coefficient (Wildman–Crippen LogP) is 4.36. The minimum atomic E-state index is 0.389. The van der Waals surface area contributed by atoms with Gasteiger partial charge in [0.1, 0.15) is 0 Å². The third-order valence-corrected chi connectivity index (χ3v) is 5.87. The average Bonchev–Trinajstić information content (AvgIpc) is 3.27. The average molecular weight is 380 g/mol. The van der Waals surface area contributed by atoms with Crippen molar-refractivity contribution in [2.45, 2.75) is 52.7 Å². The first-order chi connectivity index (χ1) is 13.5. The number of nitrogens with two attached hydrogens (primary N) is 1. The van der Waals surface area contributed by atoms with E-state index in [1.165, 1.54) is 41.8 Å². The Hall–Kier alpha value is -1.68. The number of hydrogen-bond acceptors (Lipinski definition) is 3. The standard InChI is InChI=1S/C13H19N.C12H18N2/c1-11-3-5-13(6-4-11)10-14-8-7-12(2)9-14;1-10-2-4-11(5-3-10)8-14-7-6-12(13)9-14/h3-6,12H,7-10H2,1-2H3;2-5,12H,6-9,13H2,1H3/t2*12-/m11/s1. The third-order valence-electron chi connectivity index (χ3n) is 5.87. The first kappa shape index (κ1) is 21.0. The van der Waals surface area contributed by atoms with Crippen LogP contribution in [-0.4, -0.2) is 42.0 Å². The maximum atomic E-state index is 5.86. The van der Waals surface area contributed by atoms with Gasteiger partial charge in [0.05, 0.1) is 0 Å². The summed E-state index contributed by atoms with van der Waals surface area (Å²) in [5.41, 5.74) is 11.4. The van der Waals surface area contributed by atoms with Crippen LogP contribution in [0.4, 0.5) is 0 Å². The Morgan fingerprint density at radius 2 is 1.21 bits per heavy atom. The van der Waals surface area contributed by atoms with E-state index in [0.29, 0.717) is 6.04 Å². The van der Waals surface area contributed by atoms with Crippen LogP contribution in [0.25, 0.3) is 0 Å². The lowest BCUT2D eigenvalue weighted by atomic mass is 10.1. The van der Waals surface area contributed by atoms with Crippen LogP contribution in [-0.2, 0) is 13.1 Å². The van der Waals surface area contributed by atoms with Crippen LogP contribution < -0.4 is 5.73 Å². The van der Waals surface area contributed by atoms with Gasteiger partial charge in [-0.2, -0.15) is 0 Å². The molecule has 2 aromatic carbocycles. The molecule has 2 heterocycles. The quantitative estimate of drug-likeness (QED) is 0.856. The lowest BCUT2D eigenvalue weighted by Crippen LogP contribution is -2.26. The molecule has 2 aliphatic rings. The van der Waals surface area contributed by atoms with Gasteiger partial charge in [-0.25, -0.2) is 0 Å². The van der Waals surface area contributed by atoms with Crippen LogP contribution in [0.5, 0.6) is 0 Å². The number of hydrogen-bond donors (Lipinski definition) is 1. The molecule has 4 rings (SSSR count). The minimum Gasteiger partial charge on any atom is -0.326 e. The molecule has 2 atom stereocenters. The number of rotatable bonds is 4. The summed E-state index contributed by atoms with van der Waals surface area (Å²) >= 11 is 0. The summed E-state index contributed by atoms with van der Waals surface area (Å²) in [7, 11) is 0. The van der Waals surface area contributed by atoms with Crippen molar-refractivity contribution in [2.24, 2.45) is 11.7 Å². The van der Waals surface area contributed by atoms with Crippen LogP contribution in [0.1, 0.15) is 42.0 Å². The SMILES string of the molecule is Cc1ccc(CN2CC[C@@H](C)C2)cc1.Cc1ccc(CN2CC[C@@H](N)C2)cc1. The second kappa shape index (κ2) is 10.2. The molecule has 2 aromatic rings. The minimum absolute atomic E-state index is 0.389. The molecule has 0 bridgehead atoms. The van der Waals surface area contributed by atoms with E-state index >= 15 is 0 Å². The Labute approximate surface area is 171 Å². The first-order valence-corrected chi connectivity index (χ1v) is 10.8. The van der Waals surface area contributed by atoms with E-state index in [0.717, 1.165) is 38.5 Å². The monoisotopic (exact) mass is 379 g/mol. The lowest BCUT2D eigenvalue weighted by Gasteiger charge is -2.15. The summed E-state index contributed by atoms with van der Waals surface area (Å²) in [4.78, 5) is 4.98. The van der Waals surface area contributed by atoms with E-state index in [2.05, 4.69) is 79.1 Å². The van der Waals surface area contributed by atoms with Crippen molar-refractivity contribution >= 4 is 0 Å². The van der Waals surface area contributed by atoms with Crippen LogP contribution in [0, 0.1) is 19.8 Å². The largest absolute Gasteiger partial charge is 0.326 e. The molecular formula is C25H37N3. The van der Waals surface area contributed by atoms with Crippen molar-refractivity contribution in [1.29, 1.82) is 0 Å². The Bertz CT molecular complexity index is 644. The molecule has 2 N–H and O–H groups in total. The predicted molar refractivity (Wildman–Crippen MR) is 119 cm³/mol. The summed E-state index contributed by atoms with van der Waals surface area (Å²) < 4.78 is 0. The molecular weight excluding hydrogens is 342 g/mol. The van der Waals surface area contributed by atoms with E-state index in [1.807, 2.05) is 0 Å². The molecule has 0 spiro atoms. The molecule has 0 aliphatic carbocycles. The summed E-state index contributed by atoms with van der Waals surface area (Å²) in [5, 5.41) is 0. The highest BCUT2D eigenvalue weighted by Crippen LogP contribution is 2.18. The molecule has 3 heteroatoms. The van der Waals surface area contributed by atoms with E-state index in [4.69, 9.17) is 5.73 Å². The molecule has 0 amide bonds. The molecule has 0 radical (unpaired) electrons. The third kappa shape index (κ3) is 6.73. The molecule has 0 unspecified atom stereocenters. The Kier molecular flexibility index (Phi) is 7.66. The molecule has 3 nitrogen and oxygen atoms in total. The van der Waals surface area contributed by atoms with Crippen molar-refractivity contribution in [3.63, 3.8) is 0 Å². The molecule has 2 aliphatic heterocycles. The molecule has 0 aromatic heterocycles. The van der Waals surface area contributed by atoms with Crippen LogP contribution >= 0.6 is 0 Å². The number of benzene rings is 2. The highest BCUT2D eigenvalue weighted by atomic mass is 15.2. The fourth-order valence-electron chi connectivity index (χ4n) is 4.08. The van der Waals surface area contributed by atoms with Gasteiger partial charge in [0, 0.05) is 38.8 Å². The van der Waals surface area contributed by atoms with Gasteiger partial charge >= 0.3 is 0 Å². The number of aryl methyl sites for hydroxylation is 2. The van der Waals surface area contributed by atoms with Gasteiger partial charge in [0.25, 0.3) is 0 Å². The number of likely N-dealkylation sites (tertiary alicyclic amines) is 2. The fraction of sp³-hybridized carbons (Fsp3) is 0.520. The Morgan fingerprint density at radius 3 is 1.61 bits per heavy atom. The van der Waals surface area contributed by atoms with Crippen molar-refractivity contribution in [1.82, 2.24) is 9.80 Å². The van der Waals surface area contributed by atoms with Gasteiger partial charge in [-0.15, -0.1) is 0 Å². The topological polar surface area (TPSA) is 32.5 Å². The summed E-state index contributed by atoms with van der Waals surface area (Å²) in [6.07, 6.45) is 2.51. The van der Waals surface area contributed by atoms with E-state index in [1.54, 1.807) is 0 Å². The summed E-state index contributed by atoms with van der Waals surface area (Å²) in [5.74, 6) is 0.889. The zero-order valence-electron chi connectivity index (χ0n) is 17.9. The van der Waals surface area contributed by atoms with Crippen LogP contribution in [0.15, 0.2) is 48.5 Å². The van der Waals surface area contributed by atoms with Crippen molar-refractivity contribution < 1.29 is 0 Å². The fourth-order valence-corrected chi connectivity index (χ4v) is 4.08. The lowest BCUT2D eigenvalue weighted by molar-refractivity contribution is 0.320. The summed E-state index contributed by atoms with van der Waals surface area (Å²) in [6, 6.07) is 18.1. The molecule has 28 heavy (non-hydrogen) atoms. The molecule has 152 valence electrons. The smallest absolute Gasteiger partial charge is 0.0234 e. The number of nitrogens with zero attached hydrogens (tertiary/aromatic N) is 2. The van der Waals surface area contributed by atoms with Crippen LogP contribution in [0.3, 0.4) is 0 Å². The second-order valence-corrected chi connectivity index (χ2v) is 8.88. The zero-order chi connectivity index (χ0) is 19.9. The van der Waals surface area contributed by atoms with Crippen molar-refractivity contribution in [2.75, 3.05) is 26.2 Å². The maximum absolute atomic E-state index is 5.86. The first-order valence-electron chi connectivity index (χ1n) is 10.8. The van der Waals surface area contributed by atoms with Crippen molar-refractivity contribution in [3.8, 4) is 0 Å². The molecule has 2 fully saturated rings. The van der Waals surface area contributed by atoms with E-state index in [-0.39, 0.29) is 0 Å². The summed E-state index contributed by atoms with van der Waals surface area (Å²) in [6.45, 7) is 13.5. The molecule has 2 saturated heterocycles. The van der Waals surface area contributed by atoms with Gasteiger partial charge in [-0.05, 0) is 50.3 Å². The van der Waals surface area contributed by atoms with Gasteiger partial charge < -0.3 is 5.73 Å². The molecule has 0 saturated carbocycles. The Balaban J connectivity index is 0.000000161. The van der Waals surface area contributed by atoms with E-state index in [9.17, 15) is 0 Å². The highest BCUT2D eigenvalue weighted by Gasteiger charge is 2.19. The zero-order valence-corrected chi connectivity index (χ0v) is 17.9. The van der Waals surface area contributed by atoms with Gasteiger partial charge in [-0.3, -0.25) is 9.80 Å².